The van der Waals surface area contributed by atoms with Crippen molar-refractivity contribution in [2.45, 2.75) is 13.3 Å². The van der Waals surface area contributed by atoms with Gasteiger partial charge in [-0.25, -0.2) is 4.98 Å². The number of hydrogen-bond acceptors (Lipinski definition) is 4. The molecular formula is C17H12Cl2N4O. The zero-order valence-corrected chi connectivity index (χ0v) is 14.2. The Balaban J connectivity index is 1.71. The van der Waals surface area contributed by atoms with Crippen molar-refractivity contribution >= 4 is 28.8 Å². The zero-order valence-electron chi connectivity index (χ0n) is 12.7. The van der Waals surface area contributed by atoms with Crippen molar-refractivity contribution in [1.29, 1.82) is 0 Å². The molecule has 4 aromatic rings. The molecule has 0 aliphatic carbocycles. The second kappa shape index (κ2) is 5.92. The van der Waals surface area contributed by atoms with Gasteiger partial charge in [0.2, 0.25) is 5.89 Å². The maximum Gasteiger partial charge on any atom is 0.266 e. The quantitative estimate of drug-likeness (QED) is 0.537. The van der Waals surface area contributed by atoms with E-state index in [-0.39, 0.29) is 0 Å². The first kappa shape index (κ1) is 15.2. The van der Waals surface area contributed by atoms with Crippen LogP contribution in [0.2, 0.25) is 10.0 Å². The summed E-state index contributed by atoms with van der Waals surface area (Å²) in [6, 6.07) is 11.2. The Hall–Kier alpha value is -2.37. The minimum absolute atomic E-state index is 0.422. The SMILES string of the molecule is Cc1nc2ccc(Cl)cn2c1-c1nnc(Cc2ccc(Cl)cc2)o1. The number of benzene rings is 1. The van der Waals surface area contributed by atoms with Gasteiger partial charge in [-0.1, -0.05) is 35.3 Å². The molecule has 0 N–H and O–H groups in total. The topological polar surface area (TPSA) is 56.2 Å². The third-order valence-corrected chi connectivity index (χ3v) is 4.17. The predicted molar refractivity (Wildman–Crippen MR) is 92.5 cm³/mol. The van der Waals surface area contributed by atoms with Crippen LogP contribution in [0.4, 0.5) is 0 Å². The molecule has 0 bridgehead atoms. The summed E-state index contributed by atoms with van der Waals surface area (Å²) in [7, 11) is 0. The number of hydrogen-bond donors (Lipinski definition) is 0. The summed E-state index contributed by atoms with van der Waals surface area (Å²) < 4.78 is 7.69. The van der Waals surface area contributed by atoms with Crippen molar-refractivity contribution in [3.05, 3.63) is 69.8 Å². The summed E-state index contributed by atoms with van der Waals surface area (Å²) in [4.78, 5) is 4.50. The summed E-state index contributed by atoms with van der Waals surface area (Å²) in [6.07, 6.45) is 2.33. The number of halogens is 2. The summed E-state index contributed by atoms with van der Waals surface area (Å²) in [5.41, 5.74) is 3.39. The lowest BCUT2D eigenvalue weighted by molar-refractivity contribution is 0.515. The molecule has 0 amide bonds. The van der Waals surface area contributed by atoms with Gasteiger partial charge in [0, 0.05) is 11.2 Å². The third-order valence-electron chi connectivity index (χ3n) is 3.69. The smallest absolute Gasteiger partial charge is 0.266 e. The molecule has 0 unspecified atom stereocenters. The normalized spacial score (nSPS) is 11.3. The maximum atomic E-state index is 6.09. The van der Waals surface area contributed by atoms with E-state index in [1.807, 2.05) is 41.7 Å². The average Bonchev–Trinajstić information content (AvgIpc) is 3.12. The van der Waals surface area contributed by atoms with E-state index < -0.39 is 0 Å². The number of aryl methyl sites for hydroxylation is 1. The van der Waals surface area contributed by atoms with Gasteiger partial charge in [0.15, 0.2) is 0 Å². The predicted octanol–water partition coefficient (Wildman–Crippen LogP) is 4.59. The number of imidazole rings is 1. The van der Waals surface area contributed by atoms with Gasteiger partial charge in [-0.2, -0.15) is 0 Å². The van der Waals surface area contributed by atoms with Crippen LogP contribution in [0, 0.1) is 6.92 Å². The van der Waals surface area contributed by atoms with Gasteiger partial charge in [0.25, 0.3) is 5.89 Å². The molecule has 5 nitrogen and oxygen atoms in total. The Morgan fingerprint density at radius 3 is 2.54 bits per heavy atom. The molecule has 120 valence electrons. The van der Waals surface area contributed by atoms with Gasteiger partial charge < -0.3 is 4.42 Å². The highest BCUT2D eigenvalue weighted by molar-refractivity contribution is 6.30. The Bertz CT molecular complexity index is 1020. The van der Waals surface area contributed by atoms with E-state index in [0.717, 1.165) is 22.6 Å². The largest absolute Gasteiger partial charge is 0.419 e. The van der Waals surface area contributed by atoms with Crippen LogP contribution in [0.25, 0.3) is 17.2 Å². The lowest BCUT2D eigenvalue weighted by Gasteiger charge is -1.99. The second-order valence-electron chi connectivity index (χ2n) is 5.43. The molecule has 3 heterocycles. The van der Waals surface area contributed by atoms with E-state index in [1.54, 1.807) is 12.3 Å². The molecule has 0 atom stereocenters. The van der Waals surface area contributed by atoms with Crippen LogP contribution in [0.3, 0.4) is 0 Å². The first-order valence-electron chi connectivity index (χ1n) is 7.31. The number of pyridine rings is 1. The monoisotopic (exact) mass is 358 g/mol. The molecule has 7 heteroatoms. The van der Waals surface area contributed by atoms with E-state index >= 15 is 0 Å². The molecule has 0 fully saturated rings. The van der Waals surface area contributed by atoms with Crippen molar-refractivity contribution in [3.63, 3.8) is 0 Å². The van der Waals surface area contributed by atoms with Crippen LogP contribution in [-0.4, -0.2) is 19.6 Å². The van der Waals surface area contributed by atoms with E-state index in [0.29, 0.717) is 28.2 Å². The maximum absolute atomic E-state index is 6.09. The molecule has 0 spiro atoms. The van der Waals surface area contributed by atoms with Crippen molar-refractivity contribution in [3.8, 4) is 11.6 Å². The van der Waals surface area contributed by atoms with Gasteiger partial charge in [-0.15, -0.1) is 10.2 Å². The zero-order chi connectivity index (χ0) is 16.7. The van der Waals surface area contributed by atoms with Crippen molar-refractivity contribution in [1.82, 2.24) is 19.6 Å². The lowest BCUT2D eigenvalue weighted by atomic mass is 10.1. The Kier molecular flexibility index (Phi) is 3.75. The van der Waals surface area contributed by atoms with E-state index in [1.165, 1.54) is 0 Å². The molecule has 1 aromatic carbocycles. The second-order valence-corrected chi connectivity index (χ2v) is 6.30. The first-order valence-corrected chi connectivity index (χ1v) is 8.07. The van der Waals surface area contributed by atoms with Crippen LogP contribution in [0.15, 0.2) is 47.0 Å². The van der Waals surface area contributed by atoms with Crippen LogP contribution >= 0.6 is 23.2 Å². The fraction of sp³-hybridized carbons (Fsp3) is 0.118. The third kappa shape index (κ3) is 2.77. The standard InChI is InChI=1S/C17H12Cl2N4O/c1-10-16(23-9-13(19)6-7-14(23)20-10)17-22-21-15(24-17)8-11-2-4-12(18)5-3-11/h2-7,9H,8H2,1H3. The number of rotatable bonds is 3. The van der Waals surface area contributed by atoms with Gasteiger partial charge in [0.05, 0.1) is 17.1 Å². The van der Waals surface area contributed by atoms with Crippen LogP contribution < -0.4 is 0 Å². The van der Waals surface area contributed by atoms with E-state index in [4.69, 9.17) is 27.6 Å². The van der Waals surface area contributed by atoms with Crippen LogP contribution in [0.5, 0.6) is 0 Å². The average molecular weight is 359 g/mol. The Morgan fingerprint density at radius 2 is 1.75 bits per heavy atom. The minimum Gasteiger partial charge on any atom is -0.419 e. The molecule has 0 radical (unpaired) electrons. The highest BCUT2D eigenvalue weighted by atomic mass is 35.5. The van der Waals surface area contributed by atoms with Crippen molar-refractivity contribution in [2.75, 3.05) is 0 Å². The number of aromatic nitrogens is 4. The number of nitrogens with zero attached hydrogens (tertiary/aromatic N) is 4. The molecule has 0 aliphatic heterocycles. The fourth-order valence-corrected chi connectivity index (χ4v) is 2.88. The van der Waals surface area contributed by atoms with Gasteiger partial charge in [-0.3, -0.25) is 4.40 Å². The number of fused-ring (bicyclic) bond motifs is 1. The molecule has 3 aromatic heterocycles. The molecule has 0 aliphatic rings. The fourth-order valence-electron chi connectivity index (χ4n) is 2.59. The lowest BCUT2D eigenvalue weighted by Crippen LogP contribution is -1.89. The summed E-state index contributed by atoms with van der Waals surface area (Å²) in [5.74, 6) is 0.954. The van der Waals surface area contributed by atoms with E-state index in [2.05, 4.69) is 15.2 Å². The highest BCUT2D eigenvalue weighted by Crippen LogP contribution is 2.25. The molecule has 0 saturated heterocycles. The first-order chi connectivity index (χ1) is 11.6. The van der Waals surface area contributed by atoms with E-state index in [9.17, 15) is 0 Å². The van der Waals surface area contributed by atoms with Crippen LogP contribution in [0.1, 0.15) is 17.1 Å². The molecule has 24 heavy (non-hydrogen) atoms. The molecule has 4 rings (SSSR count). The molecular weight excluding hydrogens is 347 g/mol. The summed E-state index contributed by atoms with van der Waals surface area (Å²) in [5, 5.41) is 9.61. The van der Waals surface area contributed by atoms with Crippen LogP contribution in [-0.2, 0) is 6.42 Å². The summed E-state index contributed by atoms with van der Waals surface area (Å²) in [6.45, 7) is 1.90. The Labute approximate surface area is 147 Å². The van der Waals surface area contributed by atoms with Gasteiger partial charge >= 0.3 is 0 Å². The van der Waals surface area contributed by atoms with Crippen molar-refractivity contribution in [2.24, 2.45) is 0 Å². The highest BCUT2D eigenvalue weighted by Gasteiger charge is 2.17. The van der Waals surface area contributed by atoms with Gasteiger partial charge in [0.1, 0.15) is 11.3 Å². The van der Waals surface area contributed by atoms with Crippen molar-refractivity contribution < 1.29 is 4.42 Å². The summed E-state index contributed by atoms with van der Waals surface area (Å²) >= 11 is 12.0. The van der Waals surface area contributed by atoms with Gasteiger partial charge in [-0.05, 0) is 36.8 Å². The molecule has 0 saturated carbocycles. The minimum atomic E-state index is 0.422. The Morgan fingerprint density at radius 1 is 1.00 bits per heavy atom.